The van der Waals surface area contributed by atoms with Gasteiger partial charge in [-0.3, -0.25) is 4.79 Å². The van der Waals surface area contributed by atoms with Crippen LogP contribution in [0.4, 0.5) is 5.13 Å². The number of amides is 1. The number of benzene rings is 1. The zero-order valence-corrected chi connectivity index (χ0v) is 17.3. The third-order valence-electron chi connectivity index (χ3n) is 4.94. The summed E-state index contributed by atoms with van der Waals surface area (Å²) in [5.41, 5.74) is 2.57. The molecule has 1 atom stereocenters. The second kappa shape index (κ2) is 9.54. The van der Waals surface area contributed by atoms with Crippen LogP contribution in [0.5, 0.6) is 0 Å². The van der Waals surface area contributed by atoms with Gasteiger partial charge in [-0.1, -0.05) is 59.5 Å². The average molecular weight is 417 g/mol. The molecular weight excluding hydrogens is 392 g/mol. The molecule has 1 amide bonds. The van der Waals surface area contributed by atoms with Gasteiger partial charge in [0.25, 0.3) is 0 Å². The van der Waals surface area contributed by atoms with E-state index in [1.807, 2.05) is 11.0 Å². The number of carbonyl (C=O) groups excluding carboxylic acids is 1. The first-order chi connectivity index (χ1) is 13.8. The summed E-state index contributed by atoms with van der Waals surface area (Å²) in [6.45, 7) is 3.06. The van der Waals surface area contributed by atoms with Gasteiger partial charge in [0.2, 0.25) is 11.0 Å². The standard InChI is InChI=1S/C20H24N4O2S2/c25-18(24-10-8-16(9-11-24)15-5-2-1-3-6-15)14-27-20-23-22-19(28-20)21-13-17-7-4-12-26-17/h1-3,5-6,8,17H,4,7,9-14H2,(H,21,22)/t17-/m0/s1. The molecule has 1 N–H and O–H groups in total. The molecule has 8 heteroatoms. The summed E-state index contributed by atoms with van der Waals surface area (Å²) < 4.78 is 6.42. The second-order valence-corrected chi connectivity index (χ2v) is 9.06. The number of thioether (sulfide) groups is 1. The van der Waals surface area contributed by atoms with Crippen LogP contribution >= 0.6 is 23.1 Å². The van der Waals surface area contributed by atoms with Crippen molar-refractivity contribution in [1.82, 2.24) is 15.1 Å². The Labute approximate surface area is 173 Å². The van der Waals surface area contributed by atoms with Crippen LogP contribution in [0, 0.1) is 0 Å². The van der Waals surface area contributed by atoms with Crippen molar-refractivity contribution in [2.45, 2.75) is 29.7 Å². The third-order valence-corrected chi connectivity index (χ3v) is 6.94. The van der Waals surface area contributed by atoms with Gasteiger partial charge in [0.05, 0.1) is 11.9 Å². The Kier molecular flexibility index (Phi) is 6.61. The Morgan fingerprint density at radius 2 is 2.21 bits per heavy atom. The van der Waals surface area contributed by atoms with Gasteiger partial charge in [-0.25, -0.2) is 0 Å². The lowest BCUT2D eigenvalue weighted by atomic mass is 10.00. The number of hydrogen-bond acceptors (Lipinski definition) is 7. The van der Waals surface area contributed by atoms with Gasteiger partial charge < -0.3 is 15.0 Å². The fourth-order valence-corrected chi connectivity index (χ4v) is 5.03. The molecule has 1 saturated heterocycles. The number of ether oxygens (including phenoxy) is 1. The lowest BCUT2D eigenvalue weighted by Crippen LogP contribution is -2.35. The highest BCUT2D eigenvalue weighted by molar-refractivity contribution is 8.01. The molecule has 1 aromatic carbocycles. The molecule has 2 aliphatic heterocycles. The van der Waals surface area contributed by atoms with E-state index < -0.39 is 0 Å². The van der Waals surface area contributed by atoms with Crippen LogP contribution in [0.3, 0.4) is 0 Å². The molecule has 0 aliphatic carbocycles. The Morgan fingerprint density at radius 1 is 1.32 bits per heavy atom. The number of rotatable bonds is 7. The first-order valence-corrected chi connectivity index (χ1v) is 11.4. The summed E-state index contributed by atoms with van der Waals surface area (Å²) in [5, 5.41) is 12.4. The van der Waals surface area contributed by atoms with E-state index in [0.717, 1.165) is 48.4 Å². The summed E-state index contributed by atoms with van der Waals surface area (Å²) >= 11 is 2.95. The van der Waals surface area contributed by atoms with Gasteiger partial charge in [0.15, 0.2) is 4.34 Å². The smallest absolute Gasteiger partial charge is 0.233 e. The van der Waals surface area contributed by atoms with Crippen LogP contribution in [0.15, 0.2) is 40.7 Å². The van der Waals surface area contributed by atoms with E-state index in [9.17, 15) is 4.79 Å². The highest BCUT2D eigenvalue weighted by Gasteiger charge is 2.19. The predicted molar refractivity (Wildman–Crippen MR) is 114 cm³/mol. The number of hydrogen-bond donors (Lipinski definition) is 1. The Morgan fingerprint density at radius 3 is 2.96 bits per heavy atom. The van der Waals surface area contributed by atoms with Crippen molar-refractivity contribution in [3.8, 4) is 0 Å². The molecule has 0 radical (unpaired) electrons. The first kappa shape index (κ1) is 19.4. The molecule has 6 nitrogen and oxygen atoms in total. The van der Waals surface area contributed by atoms with Gasteiger partial charge in [0.1, 0.15) is 0 Å². The number of aromatic nitrogens is 2. The SMILES string of the molecule is O=C(CSc1nnc(NC[C@@H]2CCCO2)s1)N1CC=C(c2ccccc2)CC1. The summed E-state index contributed by atoms with van der Waals surface area (Å²) in [7, 11) is 0. The van der Waals surface area contributed by atoms with Crippen LogP contribution in [0.2, 0.25) is 0 Å². The minimum Gasteiger partial charge on any atom is -0.376 e. The fourth-order valence-electron chi connectivity index (χ4n) is 3.37. The van der Waals surface area contributed by atoms with Crippen LogP contribution in [-0.4, -0.2) is 59.1 Å². The summed E-state index contributed by atoms with van der Waals surface area (Å²) in [6, 6.07) is 10.4. The quantitative estimate of drug-likeness (QED) is 0.697. The molecule has 0 saturated carbocycles. The van der Waals surface area contributed by atoms with E-state index in [2.05, 4.69) is 45.9 Å². The number of nitrogens with one attached hydrogen (secondary N) is 1. The molecule has 2 aliphatic rings. The minimum atomic E-state index is 0.150. The van der Waals surface area contributed by atoms with Gasteiger partial charge >= 0.3 is 0 Å². The van der Waals surface area contributed by atoms with Crippen LogP contribution in [0.25, 0.3) is 5.57 Å². The van der Waals surface area contributed by atoms with Crippen molar-refractivity contribution in [1.29, 1.82) is 0 Å². The zero-order chi connectivity index (χ0) is 19.2. The molecule has 4 rings (SSSR count). The number of carbonyl (C=O) groups is 1. The van der Waals surface area contributed by atoms with Crippen molar-refractivity contribution in [3.05, 3.63) is 42.0 Å². The first-order valence-electron chi connectivity index (χ1n) is 9.62. The average Bonchev–Trinajstić information content (AvgIpc) is 3.43. The van der Waals surface area contributed by atoms with Crippen molar-refractivity contribution >= 4 is 39.7 Å². The molecule has 0 spiro atoms. The topological polar surface area (TPSA) is 67.3 Å². The monoisotopic (exact) mass is 416 g/mol. The molecule has 1 fully saturated rings. The number of nitrogens with zero attached hydrogens (tertiary/aromatic N) is 3. The maximum absolute atomic E-state index is 12.5. The third kappa shape index (κ3) is 5.12. The molecule has 1 aromatic heterocycles. The maximum Gasteiger partial charge on any atom is 0.233 e. The van der Waals surface area contributed by atoms with Gasteiger partial charge in [-0.2, -0.15) is 0 Å². The fraction of sp³-hybridized carbons (Fsp3) is 0.450. The van der Waals surface area contributed by atoms with E-state index in [0.29, 0.717) is 12.3 Å². The Balaban J connectivity index is 1.22. The van der Waals surface area contributed by atoms with E-state index >= 15 is 0 Å². The molecule has 0 unspecified atom stereocenters. The highest BCUT2D eigenvalue weighted by Crippen LogP contribution is 2.27. The van der Waals surface area contributed by atoms with E-state index in [1.54, 1.807) is 0 Å². The molecular formula is C20H24N4O2S2. The molecule has 28 heavy (non-hydrogen) atoms. The van der Waals surface area contributed by atoms with Gasteiger partial charge in [-0.15, -0.1) is 10.2 Å². The zero-order valence-electron chi connectivity index (χ0n) is 15.7. The van der Waals surface area contributed by atoms with Crippen molar-refractivity contribution in [2.75, 3.05) is 37.3 Å². The normalized spacial score (nSPS) is 19.5. The number of anilines is 1. The van der Waals surface area contributed by atoms with Crippen LogP contribution < -0.4 is 5.32 Å². The Hall–Kier alpha value is -1.90. The van der Waals surface area contributed by atoms with Crippen molar-refractivity contribution in [3.63, 3.8) is 0 Å². The largest absolute Gasteiger partial charge is 0.376 e. The molecule has 0 bridgehead atoms. The van der Waals surface area contributed by atoms with Crippen LogP contribution in [0.1, 0.15) is 24.8 Å². The van der Waals surface area contributed by atoms with Gasteiger partial charge in [-0.05, 0) is 30.4 Å². The predicted octanol–water partition coefficient (Wildman–Crippen LogP) is 3.54. The lowest BCUT2D eigenvalue weighted by molar-refractivity contribution is -0.127. The van der Waals surface area contributed by atoms with Gasteiger partial charge in [0, 0.05) is 26.2 Å². The van der Waals surface area contributed by atoms with E-state index in [4.69, 9.17) is 4.74 Å². The van der Waals surface area contributed by atoms with Crippen molar-refractivity contribution in [2.24, 2.45) is 0 Å². The molecule has 2 aromatic rings. The second-order valence-electron chi connectivity index (χ2n) is 6.86. The van der Waals surface area contributed by atoms with E-state index in [1.165, 1.54) is 34.2 Å². The van der Waals surface area contributed by atoms with Crippen LogP contribution in [-0.2, 0) is 9.53 Å². The highest BCUT2D eigenvalue weighted by atomic mass is 32.2. The minimum absolute atomic E-state index is 0.150. The molecule has 148 valence electrons. The molecule has 3 heterocycles. The summed E-state index contributed by atoms with van der Waals surface area (Å²) in [4.78, 5) is 14.4. The summed E-state index contributed by atoms with van der Waals surface area (Å²) in [6.07, 6.45) is 5.56. The van der Waals surface area contributed by atoms with E-state index in [-0.39, 0.29) is 12.0 Å². The van der Waals surface area contributed by atoms with Crippen molar-refractivity contribution < 1.29 is 9.53 Å². The lowest BCUT2D eigenvalue weighted by Gasteiger charge is -2.26. The Bertz CT molecular complexity index is 819. The maximum atomic E-state index is 12.5. The summed E-state index contributed by atoms with van der Waals surface area (Å²) in [5.74, 6) is 0.548.